The van der Waals surface area contributed by atoms with Crippen LogP contribution in [0, 0.1) is 17.0 Å². The van der Waals surface area contributed by atoms with Crippen LogP contribution in [0.15, 0.2) is 42.5 Å². The van der Waals surface area contributed by atoms with Crippen molar-refractivity contribution in [2.24, 2.45) is 0 Å². The van der Waals surface area contributed by atoms with Crippen LogP contribution in [0.4, 0.5) is 11.4 Å². The molecule has 2 aromatic carbocycles. The summed E-state index contributed by atoms with van der Waals surface area (Å²) in [5, 5.41) is 13.7. The number of nitrogens with one attached hydrogen (secondary N) is 1. The number of para-hydroxylation sites is 1. The summed E-state index contributed by atoms with van der Waals surface area (Å²) in [6.07, 6.45) is -1.17. The Morgan fingerprint density at radius 1 is 1.07 bits per heavy atom. The van der Waals surface area contributed by atoms with E-state index < -0.39 is 34.6 Å². The van der Waals surface area contributed by atoms with Crippen LogP contribution in [-0.2, 0) is 14.3 Å². The Morgan fingerprint density at radius 2 is 1.68 bits per heavy atom. The smallest absolute Gasteiger partial charge is 0.339 e. The average molecular weight is 386 g/mol. The summed E-state index contributed by atoms with van der Waals surface area (Å²) in [6.45, 7) is 3.17. The molecule has 28 heavy (non-hydrogen) atoms. The fourth-order valence-corrected chi connectivity index (χ4v) is 2.30. The Balaban J connectivity index is 2.18. The van der Waals surface area contributed by atoms with Crippen LogP contribution in [0.3, 0.4) is 0 Å². The van der Waals surface area contributed by atoms with Crippen LogP contribution in [0.2, 0.25) is 0 Å². The van der Waals surface area contributed by atoms with Gasteiger partial charge in [0, 0.05) is 17.8 Å². The van der Waals surface area contributed by atoms with E-state index in [0.29, 0.717) is 5.69 Å². The normalized spacial score (nSPS) is 11.2. The molecule has 0 unspecified atom stereocenters. The highest BCUT2D eigenvalue weighted by molar-refractivity contribution is 5.99. The van der Waals surface area contributed by atoms with Gasteiger partial charge in [-0.3, -0.25) is 14.9 Å². The van der Waals surface area contributed by atoms with Gasteiger partial charge in [0.25, 0.3) is 11.6 Å². The number of benzene rings is 2. The van der Waals surface area contributed by atoms with Crippen LogP contribution >= 0.6 is 0 Å². The second-order valence-electron chi connectivity index (χ2n) is 5.87. The Hall–Kier alpha value is -3.75. The number of rotatable bonds is 6. The van der Waals surface area contributed by atoms with Crippen molar-refractivity contribution in [1.29, 1.82) is 0 Å². The van der Waals surface area contributed by atoms with E-state index in [-0.39, 0.29) is 11.1 Å². The van der Waals surface area contributed by atoms with Crippen molar-refractivity contribution in [3.8, 4) is 0 Å². The molecule has 2 rings (SSSR count). The number of ether oxygens (including phenoxy) is 2. The quantitative estimate of drug-likeness (QED) is 0.460. The van der Waals surface area contributed by atoms with Gasteiger partial charge in [-0.15, -0.1) is 0 Å². The van der Waals surface area contributed by atoms with E-state index in [2.05, 4.69) is 10.1 Å². The monoisotopic (exact) mass is 386 g/mol. The van der Waals surface area contributed by atoms with Crippen molar-refractivity contribution < 1.29 is 28.8 Å². The Labute approximate surface area is 160 Å². The van der Waals surface area contributed by atoms with E-state index in [1.54, 1.807) is 12.1 Å². The van der Waals surface area contributed by atoms with Gasteiger partial charge in [0.1, 0.15) is 0 Å². The van der Waals surface area contributed by atoms with E-state index >= 15 is 0 Å². The molecule has 0 aliphatic rings. The van der Waals surface area contributed by atoms with Crippen LogP contribution in [0.1, 0.15) is 33.2 Å². The Bertz CT molecular complexity index is 940. The summed E-state index contributed by atoms with van der Waals surface area (Å²) in [6, 6.07) is 10.1. The number of esters is 2. The molecule has 9 nitrogen and oxygen atoms in total. The summed E-state index contributed by atoms with van der Waals surface area (Å²) in [5.74, 6) is -2.40. The third-order valence-corrected chi connectivity index (χ3v) is 3.84. The SMILES string of the molecule is COC(=O)c1cc(C(=O)O[C@@H](C)C(=O)Nc2ccccc2C)cc([N+](=O)[O-])c1. The van der Waals surface area contributed by atoms with Gasteiger partial charge in [-0.25, -0.2) is 9.59 Å². The molecule has 0 bridgehead atoms. The molecule has 1 N–H and O–H groups in total. The number of hydrogen-bond acceptors (Lipinski definition) is 7. The summed E-state index contributed by atoms with van der Waals surface area (Å²) >= 11 is 0. The van der Waals surface area contributed by atoms with Gasteiger partial charge < -0.3 is 14.8 Å². The third kappa shape index (κ3) is 4.91. The maximum atomic E-state index is 12.3. The first-order valence-corrected chi connectivity index (χ1v) is 8.18. The lowest BCUT2D eigenvalue weighted by Gasteiger charge is -2.15. The summed E-state index contributed by atoms with van der Waals surface area (Å²) in [5.41, 5.74) is 0.493. The molecule has 0 saturated carbocycles. The number of hydrogen-bond donors (Lipinski definition) is 1. The van der Waals surface area contributed by atoms with Gasteiger partial charge in [-0.05, 0) is 31.5 Å². The van der Waals surface area contributed by atoms with Gasteiger partial charge in [0.15, 0.2) is 6.10 Å². The van der Waals surface area contributed by atoms with E-state index in [9.17, 15) is 24.5 Å². The lowest BCUT2D eigenvalue weighted by molar-refractivity contribution is -0.384. The van der Waals surface area contributed by atoms with E-state index in [1.165, 1.54) is 6.92 Å². The number of aryl methyl sites for hydroxylation is 1. The Morgan fingerprint density at radius 3 is 2.25 bits per heavy atom. The minimum absolute atomic E-state index is 0.180. The van der Waals surface area contributed by atoms with E-state index in [4.69, 9.17) is 4.74 Å². The standard InChI is InChI=1S/C19H18N2O7/c1-11-6-4-5-7-16(11)20-17(22)12(2)28-19(24)14-8-13(18(23)27-3)9-15(10-14)21(25)26/h4-10,12H,1-3H3,(H,20,22)/t12-/m0/s1. The molecule has 2 aromatic rings. The predicted molar refractivity (Wildman–Crippen MR) is 99.1 cm³/mol. The number of methoxy groups -OCH3 is 1. The molecule has 1 amide bonds. The van der Waals surface area contributed by atoms with Crippen LogP contribution < -0.4 is 5.32 Å². The lowest BCUT2D eigenvalue weighted by Crippen LogP contribution is -2.30. The minimum atomic E-state index is -1.17. The van der Waals surface area contributed by atoms with Gasteiger partial charge >= 0.3 is 11.9 Å². The zero-order valence-electron chi connectivity index (χ0n) is 15.4. The van der Waals surface area contributed by atoms with E-state index in [0.717, 1.165) is 30.9 Å². The largest absolute Gasteiger partial charge is 0.465 e. The molecule has 0 fully saturated rings. The molecule has 0 saturated heterocycles. The van der Waals surface area contributed by atoms with Gasteiger partial charge in [0.05, 0.1) is 23.2 Å². The molecule has 1 atom stereocenters. The third-order valence-electron chi connectivity index (χ3n) is 3.84. The van der Waals surface area contributed by atoms with Crippen molar-refractivity contribution in [1.82, 2.24) is 0 Å². The molecule has 0 radical (unpaired) electrons. The molecule has 0 aromatic heterocycles. The number of nitro benzene ring substituents is 1. The number of carbonyl (C=O) groups excluding carboxylic acids is 3. The van der Waals surface area contributed by atoms with Crippen LogP contribution in [0.25, 0.3) is 0 Å². The van der Waals surface area contributed by atoms with Crippen molar-refractivity contribution in [2.45, 2.75) is 20.0 Å². The van der Waals surface area contributed by atoms with Crippen molar-refractivity contribution in [2.75, 3.05) is 12.4 Å². The summed E-state index contributed by atoms with van der Waals surface area (Å²) in [4.78, 5) is 46.6. The maximum absolute atomic E-state index is 12.3. The molecule has 0 aliphatic heterocycles. The van der Waals surface area contributed by atoms with E-state index in [1.807, 2.05) is 19.1 Å². The lowest BCUT2D eigenvalue weighted by atomic mass is 10.1. The second kappa shape index (κ2) is 8.76. The number of non-ortho nitro benzene ring substituents is 1. The molecule has 0 spiro atoms. The minimum Gasteiger partial charge on any atom is -0.465 e. The van der Waals surface area contributed by atoms with Crippen molar-refractivity contribution >= 4 is 29.2 Å². The zero-order valence-corrected chi connectivity index (χ0v) is 15.4. The first-order chi connectivity index (χ1) is 13.2. The Kier molecular flexibility index (Phi) is 6.43. The summed E-state index contributed by atoms with van der Waals surface area (Å²) < 4.78 is 9.61. The number of anilines is 1. The maximum Gasteiger partial charge on any atom is 0.339 e. The number of nitrogens with zero attached hydrogens (tertiary/aromatic N) is 1. The molecular weight excluding hydrogens is 368 g/mol. The second-order valence-corrected chi connectivity index (χ2v) is 5.87. The van der Waals surface area contributed by atoms with Crippen LogP contribution in [0.5, 0.6) is 0 Å². The number of carbonyl (C=O) groups is 3. The summed E-state index contributed by atoms with van der Waals surface area (Å²) in [7, 11) is 1.11. The highest BCUT2D eigenvalue weighted by Gasteiger charge is 2.23. The topological polar surface area (TPSA) is 125 Å². The van der Waals surface area contributed by atoms with Crippen molar-refractivity contribution in [3.05, 3.63) is 69.3 Å². The molecule has 9 heteroatoms. The zero-order chi connectivity index (χ0) is 20.8. The molecule has 146 valence electrons. The molecular formula is C19H18N2O7. The number of nitro groups is 1. The average Bonchev–Trinajstić information content (AvgIpc) is 2.68. The fourth-order valence-electron chi connectivity index (χ4n) is 2.30. The fraction of sp³-hybridized carbons (Fsp3) is 0.211. The predicted octanol–water partition coefficient (Wildman–Crippen LogP) is 2.87. The van der Waals surface area contributed by atoms with Gasteiger partial charge in [-0.2, -0.15) is 0 Å². The van der Waals surface area contributed by atoms with Gasteiger partial charge in [0.2, 0.25) is 0 Å². The first-order valence-electron chi connectivity index (χ1n) is 8.18. The van der Waals surface area contributed by atoms with Crippen LogP contribution in [-0.4, -0.2) is 36.0 Å². The van der Waals surface area contributed by atoms with Gasteiger partial charge in [-0.1, -0.05) is 18.2 Å². The highest BCUT2D eigenvalue weighted by Crippen LogP contribution is 2.20. The highest BCUT2D eigenvalue weighted by atomic mass is 16.6. The first kappa shape index (κ1) is 20.6. The number of amides is 1. The van der Waals surface area contributed by atoms with Crippen molar-refractivity contribution in [3.63, 3.8) is 0 Å². The molecule has 0 heterocycles. The molecule has 0 aliphatic carbocycles.